The maximum Gasteiger partial charge on any atom is 0.0743 e. The minimum absolute atomic E-state index is 0.461. The molecule has 2 aromatic rings. The summed E-state index contributed by atoms with van der Waals surface area (Å²) in [4.78, 5) is 4.40. The predicted molar refractivity (Wildman–Crippen MR) is 85.8 cm³/mol. The van der Waals surface area contributed by atoms with Crippen molar-refractivity contribution in [3.8, 4) is 0 Å². The van der Waals surface area contributed by atoms with Gasteiger partial charge in [0.25, 0.3) is 0 Å². The van der Waals surface area contributed by atoms with E-state index in [9.17, 15) is 0 Å². The SMILES string of the molecule is C[C@@H](Nc1c(N)cnc2ccccc12)C1CCCCC1. The van der Waals surface area contributed by atoms with Gasteiger partial charge in [-0.25, -0.2) is 0 Å². The molecule has 1 fully saturated rings. The van der Waals surface area contributed by atoms with Crippen LogP contribution in [0.2, 0.25) is 0 Å². The standard InChI is InChI=1S/C17H23N3/c1-12(13-7-3-2-4-8-13)20-17-14-9-5-6-10-16(14)19-11-15(17)18/h5-6,9-13H,2-4,7-8,18H2,1H3,(H,19,20)/t12-/m1/s1. The maximum absolute atomic E-state index is 6.14. The van der Waals surface area contributed by atoms with E-state index in [2.05, 4.69) is 23.3 Å². The van der Waals surface area contributed by atoms with Crippen molar-refractivity contribution in [2.45, 2.75) is 45.1 Å². The summed E-state index contributed by atoms with van der Waals surface area (Å²) >= 11 is 0. The minimum atomic E-state index is 0.461. The zero-order valence-electron chi connectivity index (χ0n) is 12.1. The van der Waals surface area contributed by atoms with Gasteiger partial charge in [0.2, 0.25) is 0 Å². The number of hydrogen-bond acceptors (Lipinski definition) is 3. The molecular formula is C17H23N3. The molecule has 0 saturated heterocycles. The van der Waals surface area contributed by atoms with Crippen molar-refractivity contribution >= 4 is 22.3 Å². The van der Waals surface area contributed by atoms with Crippen LogP contribution < -0.4 is 11.1 Å². The predicted octanol–water partition coefficient (Wildman–Crippen LogP) is 4.20. The third-order valence-electron chi connectivity index (χ3n) is 4.53. The van der Waals surface area contributed by atoms with E-state index >= 15 is 0 Å². The van der Waals surface area contributed by atoms with Crippen molar-refractivity contribution < 1.29 is 0 Å². The number of benzene rings is 1. The fourth-order valence-electron chi connectivity index (χ4n) is 3.30. The molecule has 3 N–H and O–H groups in total. The second kappa shape index (κ2) is 5.70. The van der Waals surface area contributed by atoms with Crippen LogP contribution in [0.4, 0.5) is 11.4 Å². The van der Waals surface area contributed by atoms with Crippen molar-refractivity contribution in [2.24, 2.45) is 5.92 Å². The zero-order chi connectivity index (χ0) is 13.9. The largest absolute Gasteiger partial charge is 0.396 e. The van der Waals surface area contributed by atoms with Crippen LogP contribution in [0.3, 0.4) is 0 Å². The van der Waals surface area contributed by atoms with E-state index in [4.69, 9.17) is 5.73 Å². The number of nitrogens with two attached hydrogens (primary N) is 1. The quantitative estimate of drug-likeness (QED) is 0.878. The number of hydrogen-bond donors (Lipinski definition) is 2. The Morgan fingerprint density at radius 2 is 1.95 bits per heavy atom. The third-order valence-corrected chi connectivity index (χ3v) is 4.53. The van der Waals surface area contributed by atoms with Gasteiger partial charge in [0.15, 0.2) is 0 Å². The Balaban J connectivity index is 1.87. The van der Waals surface area contributed by atoms with E-state index in [0.717, 1.165) is 28.2 Å². The van der Waals surface area contributed by atoms with Gasteiger partial charge in [-0.15, -0.1) is 0 Å². The van der Waals surface area contributed by atoms with Crippen LogP contribution in [0.15, 0.2) is 30.5 Å². The van der Waals surface area contributed by atoms with Gasteiger partial charge in [-0.05, 0) is 31.7 Å². The topological polar surface area (TPSA) is 50.9 Å². The molecule has 1 atom stereocenters. The summed E-state index contributed by atoms with van der Waals surface area (Å²) in [6.07, 6.45) is 8.54. The van der Waals surface area contributed by atoms with Gasteiger partial charge in [-0.2, -0.15) is 0 Å². The molecule has 1 aliphatic rings. The van der Waals surface area contributed by atoms with E-state index in [1.165, 1.54) is 32.1 Å². The average molecular weight is 269 g/mol. The van der Waals surface area contributed by atoms with Crippen molar-refractivity contribution in [2.75, 3.05) is 11.1 Å². The molecule has 3 heteroatoms. The Morgan fingerprint density at radius 1 is 1.20 bits per heavy atom. The first-order chi connectivity index (χ1) is 9.75. The van der Waals surface area contributed by atoms with Gasteiger partial charge >= 0.3 is 0 Å². The monoisotopic (exact) mass is 269 g/mol. The summed E-state index contributed by atoms with van der Waals surface area (Å²) in [7, 11) is 0. The highest BCUT2D eigenvalue weighted by molar-refractivity contribution is 5.96. The number of fused-ring (bicyclic) bond motifs is 1. The summed E-state index contributed by atoms with van der Waals surface area (Å²) in [5.41, 5.74) is 8.93. The molecule has 0 aliphatic heterocycles. The van der Waals surface area contributed by atoms with Crippen LogP contribution in [0.5, 0.6) is 0 Å². The van der Waals surface area contributed by atoms with Crippen molar-refractivity contribution in [3.05, 3.63) is 30.5 Å². The van der Waals surface area contributed by atoms with E-state index in [-0.39, 0.29) is 0 Å². The Kier molecular flexibility index (Phi) is 3.77. The summed E-state index contributed by atoms with van der Waals surface area (Å²) in [5, 5.41) is 4.78. The molecule has 1 heterocycles. The number of rotatable bonds is 3. The first-order valence-electron chi connectivity index (χ1n) is 7.65. The lowest BCUT2D eigenvalue weighted by Gasteiger charge is -2.29. The number of para-hydroxylation sites is 1. The van der Waals surface area contributed by atoms with Gasteiger partial charge in [-0.1, -0.05) is 37.5 Å². The number of aromatic nitrogens is 1. The lowest BCUT2D eigenvalue weighted by Crippen LogP contribution is -2.28. The molecule has 0 spiro atoms. The molecule has 1 aliphatic carbocycles. The molecule has 1 aromatic carbocycles. The number of anilines is 2. The van der Waals surface area contributed by atoms with Gasteiger partial charge in [-0.3, -0.25) is 4.98 Å². The molecular weight excluding hydrogens is 246 g/mol. The number of nitrogen functional groups attached to an aromatic ring is 1. The molecule has 0 radical (unpaired) electrons. The molecule has 0 unspecified atom stereocenters. The molecule has 1 saturated carbocycles. The fourth-order valence-corrected chi connectivity index (χ4v) is 3.30. The Morgan fingerprint density at radius 3 is 2.75 bits per heavy atom. The summed E-state index contributed by atoms with van der Waals surface area (Å²) in [6.45, 7) is 2.28. The van der Waals surface area contributed by atoms with Crippen LogP contribution in [-0.2, 0) is 0 Å². The first kappa shape index (κ1) is 13.2. The van der Waals surface area contributed by atoms with Crippen LogP contribution >= 0.6 is 0 Å². The summed E-state index contributed by atoms with van der Waals surface area (Å²) < 4.78 is 0. The van der Waals surface area contributed by atoms with Crippen molar-refractivity contribution in [1.82, 2.24) is 4.98 Å². The van der Waals surface area contributed by atoms with Crippen LogP contribution in [0, 0.1) is 5.92 Å². The molecule has 3 nitrogen and oxygen atoms in total. The van der Waals surface area contributed by atoms with Gasteiger partial charge in [0.05, 0.1) is 23.1 Å². The van der Waals surface area contributed by atoms with Crippen molar-refractivity contribution in [1.29, 1.82) is 0 Å². The Bertz CT molecular complexity index is 588. The van der Waals surface area contributed by atoms with E-state index in [0.29, 0.717) is 6.04 Å². The molecule has 106 valence electrons. The number of nitrogens with one attached hydrogen (secondary N) is 1. The van der Waals surface area contributed by atoms with Crippen LogP contribution in [0.1, 0.15) is 39.0 Å². The van der Waals surface area contributed by atoms with Crippen LogP contribution in [-0.4, -0.2) is 11.0 Å². The summed E-state index contributed by atoms with van der Waals surface area (Å²) in [5.74, 6) is 0.759. The van der Waals surface area contributed by atoms with Gasteiger partial charge < -0.3 is 11.1 Å². The Hall–Kier alpha value is -1.77. The lowest BCUT2D eigenvalue weighted by atomic mass is 9.84. The first-order valence-corrected chi connectivity index (χ1v) is 7.65. The highest BCUT2D eigenvalue weighted by Crippen LogP contribution is 2.32. The van der Waals surface area contributed by atoms with Crippen LogP contribution in [0.25, 0.3) is 10.9 Å². The Labute approximate surface area is 120 Å². The average Bonchev–Trinajstić information content (AvgIpc) is 2.51. The normalized spacial score (nSPS) is 18.1. The number of nitrogens with zero attached hydrogens (tertiary/aromatic N) is 1. The fraction of sp³-hybridized carbons (Fsp3) is 0.471. The van der Waals surface area contributed by atoms with E-state index < -0.39 is 0 Å². The molecule has 20 heavy (non-hydrogen) atoms. The molecule has 1 aromatic heterocycles. The molecule has 3 rings (SSSR count). The second-order valence-electron chi connectivity index (χ2n) is 5.94. The molecule has 0 bridgehead atoms. The third kappa shape index (κ3) is 2.58. The highest BCUT2D eigenvalue weighted by Gasteiger charge is 2.21. The van der Waals surface area contributed by atoms with E-state index in [1.54, 1.807) is 6.20 Å². The van der Waals surface area contributed by atoms with Gasteiger partial charge in [0, 0.05) is 11.4 Å². The zero-order valence-corrected chi connectivity index (χ0v) is 12.1. The minimum Gasteiger partial charge on any atom is -0.396 e. The van der Waals surface area contributed by atoms with E-state index in [1.807, 2.05) is 18.2 Å². The van der Waals surface area contributed by atoms with Crippen molar-refractivity contribution in [3.63, 3.8) is 0 Å². The smallest absolute Gasteiger partial charge is 0.0743 e. The molecule has 0 amide bonds. The van der Waals surface area contributed by atoms with Gasteiger partial charge in [0.1, 0.15) is 0 Å². The highest BCUT2D eigenvalue weighted by atomic mass is 14.9. The number of pyridine rings is 1. The maximum atomic E-state index is 6.14. The second-order valence-corrected chi connectivity index (χ2v) is 5.94. The lowest BCUT2D eigenvalue weighted by molar-refractivity contribution is 0.328. The summed E-state index contributed by atoms with van der Waals surface area (Å²) in [6, 6.07) is 8.64.